The van der Waals surface area contributed by atoms with E-state index in [9.17, 15) is 19.5 Å². The second-order valence-electron chi connectivity index (χ2n) is 9.12. The molecule has 0 bridgehead atoms. The van der Waals surface area contributed by atoms with Crippen LogP contribution in [-0.4, -0.2) is 29.5 Å². The van der Waals surface area contributed by atoms with Gasteiger partial charge >= 0.3 is 5.97 Å². The molecule has 8 heteroatoms. The minimum Gasteiger partial charge on any atom is -0.492 e. The molecule has 0 saturated carbocycles. The first-order chi connectivity index (χ1) is 18.9. The summed E-state index contributed by atoms with van der Waals surface area (Å²) in [4.78, 5) is 40.6. The third kappa shape index (κ3) is 4.59. The Morgan fingerprint density at radius 3 is 2.00 bits per heavy atom. The van der Waals surface area contributed by atoms with Crippen molar-refractivity contribution in [2.45, 2.75) is 32.8 Å². The van der Waals surface area contributed by atoms with Crippen LogP contribution in [0.2, 0.25) is 5.02 Å². The van der Waals surface area contributed by atoms with Crippen molar-refractivity contribution in [2.75, 3.05) is 11.5 Å². The predicted molar refractivity (Wildman–Crippen MR) is 149 cm³/mol. The summed E-state index contributed by atoms with van der Waals surface area (Å²) in [5.74, 6) is -2.32. The molecule has 0 fully saturated rings. The van der Waals surface area contributed by atoms with Crippen LogP contribution in [-0.2, 0) is 11.4 Å². The van der Waals surface area contributed by atoms with Gasteiger partial charge in [0, 0.05) is 10.8 Å². The number of nitrogens with zero attached hydrogens (tertiary/aromatic N) is 1. The Morgan fingerprint density at radius 1 is 0.872 bits per heavy atom. The molecule has 2 amide bonds. The zero-order valence-corrected chi connectivity index (χ0v) is 22.2. The molecule has 4 aromatic rings. The minimum absolute atomic E-state index is 0.0935. The molecule has 1 heterocycles. The van der Waals surface area contributed by atoms with Crippen LogP contribution in [0, 0.1) is 0 Å². The highest BCUT2D eigenvalue weighted by molar-refractivity contribution is 6.41. The molecule has 0 aromatic heterocycles. The van der Waals surface area contributed by atoms with Crippen molar-refractivity contribution in [1.29, 1.82) is 0 Å². The van der Waals surface area contributed by atoms with Gasteiger partial charge in [0.25, 0.3) is 11.8 Å². The summed E-state index contributed by atoms with van der Waals surface area (Å²) in [5, 5.41) is 10.9. The van der Waals surface area contributed by atoms with Crippen LogP contribution in [0.3, 0.4) is 0 Å². The predicted octanol–water partition coefficient (Wildman–Crippen LogP) is 6.85. The fourth-order valence-electron chi connectivity index (χ4n) is 4.97. The van der Waals surface area contributed by atoms with Gasteiger partial charge in [-0.15, -0.1) is 0 Å². The Labute approximate surface area is 230 Å². The van der Waals surface area contributed by atoms with E-state index >= 15 is 0 Å². The molecule has 0 radical (unpaired) electrons. The maximum Gasteiger partial charge on any atom is 0.310 e. The van der Waals surface area contributed by atoms with Gasteiger partial charge in [0.2, 0.25) is 0 Å². The number of benzene rings is 4. The summed E-state index contributed by atoms with van der Waals surface area (Å²) in [6, 6.07) is 21.4. The fourth-order valence-corrected chi connectivity index (χ4v) is 5.24. The lowest BCUT2D eigenvalue weighted by atomic mass is 9.96. The number of fused-ring (bicyclic) bond motifs is 2. The van der Waals surface area contributed by atoms with Crippen LogP contribution in [0.4, 0.5) is 5.69 Å². The fraction of sp³-hybridized carbons (Fsp3) is 0.194. The molecular formula is C31H26ClNO6. The quantitative estimate of drug-likeness (QED) is 0.232. The molecule has 0 aliphatic carbocycles. The Morgan fingerprint density at radius 2 is 1.46 bits per heavy atom. The Balaban J connectivity index is 1.66. The standard InChI is InChI=1S/C31H26ClNO6/c1-3-20(31(36)37)19-14-15-24(23(32)16-19)33-29(34)25-26(30(33)35)28(39-17-18-10-6-5-7-11-18)22-13-9-8-12-21(22)27(25)38-4-2/h5-16,20H,3-4,17H2,1-2H3,(H,36,37). The number of carbonyl (C=O) groups excluding carboxylic acids is 2. The number of ether oxygens (including phenoxy) is 2. The first-order valence-corrected chi connectivity index (χ1v) is 13.0. The zero-order chi connectivity index (χ0) is 27.7. The number of carboxylic acids is 1. The van der Waals surface area contributed by atoms with Gasteiger partial charge in [-0.3, -0.25) is 14.4 Å². The largest absolute Gasteiger partial charge is 0.492 e. The monoisotopic (exact) mass is 543 g/mol. The number of imide groups is 1. The van der Waals surface area contributed by atoms with Crippen molar-refractivity contribution in [3.63, 3.8) is 0 Å². The van der Waals surface area contributed by atoms with Crippen molar-refractivity contribution in [1.82, 2.24) is 0 Å². The lowest BCUT2D eigenvalue weighted by Crippen LogP contribution is -2.30. The van der Waals surface area contributed by atoms with E-state index in [0.717, 1.165) is 10.5 Å². The molecule has 0 spiro atoms. The number of rotatable bonds is 9. The Kier molecular flexibility index (Phi) is 7.26. The molecule has 0 saturated heterocycles. The number of carbonyl (C=O) groups is 3. The van der Waals surface area contributed by atoms with Crippen LogP contribution in [0.1, 0.15) is 58.0 Å². The molecular weight excluding hydrogens is 518 g/mol. The van der Waals surface area contributed by atoms with Gasteiger partial charge in [-0.25, -0.2) is 4.90 Å². The van der Waals surface area contributed by atoms with Crippen molar-refractivity contribution in [2.24, 2.45) is 0 Å². The highest BCUT2D eigenvalue weighted by Gasteiger charge is 2.44. The number of carboxylic acid groups (broad SMARTS) is 1. The molecule has 1 aliphatic rings. The molecule has 1 aliphatic heterocycles. The van der Waals surface area contributed by atoms with E-state index in [0.29, 0.717) is 34.3 Å². The van der Waals surface area contributed by atoms with E-state index < -0.39 is 23.7 Å². The van der Waals surface area contributed by atoms with Crippen LogP contribution in [0.25, 0.3) is 10.8 Å². The molecule has 1 N–H and O–H groups in total. The smallest absolute Gasteiger partial charge is 0.310 e. The number of halogens is 1. The van der Waals surface area contributed by atoms with Crippen LogP contribution >= 0.6 is 11.6 Å². The highest BCUT2D eigenvalue weighted by Crippen LogP contribution is 2.47. The lowest BCUT2D eigenvalue weighted by molar-refractivity contribution is -0.138. The van der Waals surface area contributed by atoms with Crippen LogP contribution < -0.4 is 14.4 Å². The number of anilines is 1. The zero-order valence-electron chi connectivity index (χ0n) is 21.4. The van der Waals surface area contributed by atoms with Crippen LogP contribution in [0.5, 0.6) is 11.5 Å². The average Bonchev–Trinajstić information content (AvgIpc) is 3.19. The van der Waals surface area contributed by atoms with E-state index in [4.69, 9.17) is 21.1 Å². The van der Waals surface area contributed by atoms with E-state index in [-0.39, 0.29) is 35.1 Å². The van der Waals surface area contributed by atoms with Crippen molar-refractivity contribution in [3.05, 3.63) is 100 Å². The van der Waals surface area contributed by atoms with Crippen molar-refractivity contribution >= 4 is 45.8 Å². The Hall–Kier alpha value is -4.36. The molecule has 7 nitrogen and oxygen atoms in total. The van der Waals surface area contributed by atoms with Gasteiger partial charge in [0.15, 0.2) is 0 Å². The van der Waals surface area contributed by atoms with E-state index in [1.165, 1.54) is 12.1 Å². The lowest BCUT2D eigenvalue weighted by Gasteiger charge is -2.18. The van der Waals surface area contributed by atoms with E-state index in [1.807, 2.05) is 61.5 Å². The molecule has 39 heavy (non-hydrogen) atoms. The Bertz CT molecular complexity index is 1600. The maximum atomic E-state index is 14.0. The van der Waals surface area contributed by atoms with Crippen LogP contribution in [0.15, 0.2) is 72.8 Å². The SMILES string of the molecule is CCOc1c2c(c(OCc3ccccc3)c3ccccc13)C(=O)N(c1ccc(C(CC)C(=O)O)cc1Cl)C2=O. The topological polar surface area (TPSA) is 93.1 Å². The number of aliphatic carboxylic acids is 1. The second-order valence-corrected chi connectivity index (χ2v) is 9.52. The molecule has 5 rings (SSSR count). The van der Waals surface area contributed by atoms with Gasteiger partial charge in [-0.1, -0.05) is 79.2 Å². The summed E-state index contributed by atoms with van der Waals surface area (Å²) < 4.78 is 12.2. The number of amides is 2. The highest BCUT2D eigenvalue weighted by atomic mass is 35.5. The van der Waals surface area contributed by atoms with Gasteiger partial charge in [0.05, 0.1) is 34.4 Å². The van der Waals surface area contributed by atoms with Gasteiger partial charge in [-0.05, 0) is 36.6 Å². The number of hydrogen-bond donors (Lipinski definition) is 1. The molecule has 4 aromatic carbocycles. The average molecular weight is 544 g/mol. The first-order valence-electron chi connectivity index (χ1n) is 12.7. The van der Waals surface area contributed by atoms with Gasteiger partial charge in [-0.2, -0.15) is 0 Å². The maximum absolute atomic E-state index is 14.0. The normalized spacial score (nSPS) is 13.5. The van der Waals surface area contributed by atoms with Gasteiger partial charge < -0.3 is 14.6 Å². The van der Waals surface area contributed by atoms with Crippen molar-refractivity contribution in [3.8, 4) is 11.5 Å². The summed E-state index contributed by atoms with van der Waals surface area (Å²) in [7, 11) is 0. The molecule has 1 unspecified atom stereocenters. The molecule has 1 atom stereocenters. The van der Waals surface area contributed by atoms with E-state index in [2.05, 4.69) is 0 Å². The summed E-state index contributed by atoms with van der Waals surface area (Å²) in [6.07, 6.45) is 0.366. The molecule has 198 valence electrons. The third-order valence-corrected chi connectivity index (χ3v) is 7.09. The summed E-state index contributed by atoms with van der Waals surface area (Å²) >= 11 is 6.57. The second kappa shape index (κ2) is 10.8. The minimum atomic E-state index is -0.977. The first kappa shape index (κ1) is 26.3. The summed E-state index contributed by atoms with van der Waals surface area (Å²) in [6.45, 7) is 4.05. The van der Waals surface area contributed by atoms with E-state index in [1.54, 1.807) is 13.0 Å². The van der Waals surface area contributed by atoms with Crippen molar-refractivity contribution < 1.29 is 29.0 Å². The third-order valence-electron chi connectivity index (χ3n) is 6.79. The number of hydrogen-bond acceptors (Lipinski definition) is 5. The summed E-state index contributed by atoms with van der Waals surface area (Å²) in [5.41, 5.74) is 1.77. The van der Waals surface area contributed by atoms with Gasteiger partial charge in [0.1, 0.15) is 18.1 Å².